The van der Waals surface area contributed by atoms with Gasteiger partial charge in [-0.3, -0.25) is 4.72 Å². The average molecular weight is 390 g/mol. The van der Waals surface area contributed by atoms with E-state index in [0.717, 1.165) is 0 Å². The monoisotopic (exact) mass is 389 g/mol. The molecule has 0 aliphatic carbocycles. The first-order chi connectivity index (χ1) is 11.2. The minimum absolute atomic E-state index is 0.0379. The average Bonchev–Trinajstić information content (AvgIpc) is 3.01. The fourth-order valence-electron chi connectivity index (χ4n) is 2.65. The van der Waals surface area contributed by atoms with Crippen molar-refractivity contribution < 1.29 is 16.8 Å². The Morgan fingerprint density at radius 2 is 1.96 bits per heavy atom. The normalized spacial score (nSPS) is 20.2. The summed E-state index contributed by atoms with van der Waals surface area (Å²) in [5.41, 5.74) is 0.605. The molecule has 0 radical (unpaired) electrons. The maximum Gasteiger partial charge on any atom is 0.263 e. The molecule has 10 heteroatoms. The topological polar surface area (TPSA) is 98.1 Å². The number of anilines is 1. The van der Waals surface area contributed by atoms with Gasteiger partial charge in [0.15, 0.2) is 9.84 Å². The van der Waals surface area contributed by atoms with Crippen LogP contribution in [0.4, 0.5) is 5.82 Å². The van der Waals surface area contributed by atoms with Crippen LogP contribution in [0.2, 0.25) is 5.02 Å². The Morgan fingerprint density at radius 3 is 2.54 bits per heavy atom. The van der Waals surface area contributed by atoms with Gasteiger partial charge in [-0.1, -0.05) is 11.6 Å². The third-order valence-corrected chi connectivity index (χ3v) is 7.15. The van der Waals surface area contributed by atoms with Crippen LogP contribution in [-0.4, -0.2) is 38.1 Å². The number of aromatic nitrogens is 2. The maximum atomic E-state index is 12.5. The van der Waals surface area contributed by atoms with E-state index in [1.54, 1.807) is 13.0 Å². The molecule has 24 heavy (non-hydrogen) atoms. The summed E-state index contributed by atoms with van der Waals surface area (Å²) in [7, 11) is -6.92. The van der Waals surface area contributed by atoms with Gasteiger partial charge in [0.05, 0.1) is 28.1 Å². The molecule has 1 unspecified atom stereocenters. The summed E-state index contributed by atoms with van der Waals surface area (Å²) in [4.78, 5) is 0.0661. The smallest absolute Gasteiger partial charge is 0.263 e. The summed E-state index contributed by atoms with van der Waals surface area (Å²) in [6, 6.07) is 6.99. The number of benzene rings is 1. The Labute approximate surface area is 145 Å². The predicted molar refractivity (Wildman–Crippen MR) is 91.5 cm³/mol. The highest BCUT2D eigenvalue weighted by atomic mass is 35.5. The lowest BCUT2D eigenvalue weighted by atomic mass is 10.3. The number of nitrogens with one attached hydrogen (secondary N) is 1. The second-order valence-electron chi connectivity index (χ2n) is 5.73. The zero-order valence-electron chi connectivity index (χ0n) is 12.8. The Hall–Kier alpha value is -1.58. The number of aryl methyl sites for hydroxylation is 1. The molecule has 0 saturated carbocycles. The molecule has 1 fully saturated rings. The summed E-state index contributed by atoms with van der Waals surface area (Å²) in [6.45, 7) is 1.72. The van der Waals surface area contributed by atoms with E-state index in [1.165, 1.54) is 28.9 Å². The molecule has 1 aromatic carbocycles. The summed E-state index contributed by atoms with van der Waals surface area (Å²) in [6.07, 6.45) is 0.416. The van der Waals surface area contributed by atoms with Crippen molar-refractivity contribution in [3.63, 3.8) is 0 Å². The third-order valence-electron chi connectivity index (χ3n) is 3.78. The number of sulfone groups is 1. The minimum Gasteiger partial charge on any atom is -0.264 e. The van der Waals surface area contributed by atoms with E-state index in [2.05, 4.69) is 9.82 Å². The van der Waals surface area contributed by atoms with E-state index in [0.29, 0.717) is 17.1 Å². The van der Waals surface area contributed by atoms with Crippen molar-refractivity contribution in [1.29, 1.82) is 0 Å². The van der Waals surface area contributed by atoms with Crippen molar-refractivity contribution in [2.24, 2.45) is 0 Å². The highest BCUT2D eigenvalue weighted by Crippen LogP contribution is 2.28. The van der Waals surface area contributed by atoms with Gasteiger partial charge in [0, 0.05) is 11.1 Å². The van der Waals surface area contributed by atoms with Crippen LogP contribution in [0.25, 0.3) is 0 Å². The molecular formula is C14H16ClN3O4S2. The lowest BCUT2D eigenvalue weighted by molar-refractivity contribution is 0.503. The lowest BCUT2D eigenvalue weighted by Gasteiger charge is -2.14. The molecule has 1 atom stereocenters. The molecule has 2 aromatic rings. The van der Waals surface area contributed by atoms with Crippen molar-refractivity contribution in [1.82, 2.24) is 9.78 Å². The van der Waals surface area contributed by atoms with E-state index < -0.39 is 19.9 Å². The molecule has 1 N–H and O–H groups in total. The SMILES string of the molecule is Cc1cc(NS(=O)(=O)c2ccc(Cl)cc2)n(C2CCS(=O)(=O)C2)n1. The first-order valence-electron chi connectivity index (χ1n) is 7.21. The fraction of sp³-hybridized carbons (Fsp3) is 0.357. The Bertz CT molecular complexity index is 966. The van der Waals surface area contributed by atoms with Crippen LogP contribution in [0.3, 0.4) is 0 Å². The van der Waals surface area contributed by atoms with Crippen LogP contribution in [0.1, 0.15) is 18.2 Å². The van der Waals surface area contributed by atoms with Gasteiger partial charge in [0.1, 0.15) is 5.82 Å². The Morgan fingerprint density at radius 1 is 1.29 bits per heavy atom. The largest absolute Gasteiger partial charge is 0.264 e. The van der Waals surface area contributed by atoms with Crippen LogP contribution in [0.15, 0.2) is 35.2 Å². The van der Waals surface area contributed by atoms with Gasteiger partial charge in [-0.25, -0.2) is 21.5 Å². The van der Waals surface area contributed by atoms with Crippen LogP contribution in [0.5, 0.6) is 0 Å². The highest BCUT2D eigenvalue weighted by molar-refractivity contribution is 7.92. The number of hydrogen-bond acceptors (Lipinski definition) is 5. The summed E-state index contributed by atoms with van der Waals surface area (Å²) in [5.74, 6) is 0.300. The molecule has 0 spiro atoms. The summed E-state index contributed by atoms with van der Waals surface area (Å²) in [5, 5.41) is 4.69. The molecule has 0 bridgehead atoms. The van der Waals surface area contributed by atoms with E-state index in [1.807, 2.05) is 0 Å². The molecule has 1 saturated heterocycles. The molecule has 1 aliphatic heterocycles. The minimum atomic E-state index is -3.82. The second kappa shape index (κ2) is 6.05. The van der Waals surface area contributed by atoms with Crippen LogP contribution < -0.4 is 4.72 Å². The van der Waals surface area contributed by atoms with Crippen molar-refractivity contribution in [3.8, 4) is 0 Å². The van der Waals surface area contributed by atoms with Gasteiger partial charge < -0.3 is 0 Å². The van der Waals surface area contributed by atoms with Gasteiger partial charge >= 0.3 is 0 Å². The van der Waals surface area contributed by atoms with Crippen molar-refractivity contribution in [2.45, 2.75) is 24.3 Å². The van der Waals surface area contributed by atoms with Crippen LogP contribution in [0, 0.1) is 6.92 Å². The second-order valence-corrected chi connectivity index (χ2v) is 10.1. The molecular weight excluding hydrogens is 374 g/mol. The molecule has 1 aliphatic rings. The van der Waals surface area contributed by atoms with Crippen molar-refractivity contribution in [2.75, 3.05) is 16.2 Å². The molecule has 1 aromatic heterocycles. The molecule has 7 nitrogen and oxygen atoms in total. The highest BCUT2D eigenvalue weighted by Gasteiger charge is 2.32. The molecule has 2 heterocycles. The first-order valence-corrected chi connectivity index (χ1v) is 10.9. The number of halogens is 1. The number of sulfonamides is 1. The van der Waals surface area contributed by atoms with Crippen LogP contribution in [-0.2, 0) is 19.9 Å². The molecule has 3 rings (SSSR count). The zero-order chi connectivity index (χ0) is 17.5. The fourth-order valence-corrected chi connectivity index (χ4v) is 5.51. The zero-order valence-corrected chi connectivity index (χ0v) is 15.2. The lowest BCUT2D eigenvalue weighted by Crippen LogP contribution is -2.19. The van der Waals surface area contributed by atoms with Crippen LogP contribution >= 0.6 is 11.6 Å². The summed E-state index contributed by atoms with van der Waals surface area (Å²) >= 11 is 5.78. The Kier molecular flexibility index (Phi) is 4.35. The van der Waals surface area contributed by atoms with E-state index in [9.17, 15) is 16.8 Å². The first kappa shape index (κ1) is 17.2. The quantitative estimate of drug-likeness (QED) is 0.862. The van der Waals surface area contributed by atoms with Gasteiger partial charge in [-0.05, 0) is 37.6 Å². The number of hydrogen-bond donors (Lipinski definition) is 1. The van der Waals surface area contributed by atoms with E-state index >= 15 is 0 Å². The standard InChI is InChI=1S/C14H16ClN3O4S2/c1-10-8-14(18(16-10)12-6-7-23(19,20)9-12)17-24(21,22)13-4-2-11(15)3-5-13/h2-5,8,12,17H,6-7,9H2,1H3. The van der Waals surface area contributed by atoms with Gasteiger partial charge in [0.2, 0.25) is 0 Å². The molecule has 0 amide bonds. The third kappa shape index (κ3) is 3.57. The summed E-state index contributed by atoms with van der Waals surface area (Å²) < 4.78 is 52.3. The Balaban J connectivity index is 1.92. The van der Waals surface area contributed by atoms with Crippen molar-refractivity contribution >= 4 is 37.3 Å². The number of nitrogens with zero attached hydrogens (tertiary/aromatic N) is 2. The molecule has 130 valence electrons. The van der Waals surface area contributed by atoms with Gasteiger partial charge in [-0.2, -0.15) is 5.10 Å². The number of rotatable bonds is 4. The van der Waals surface area contributed by atoms with E-state index in [4.69, 9.17) is 11.6 Å². The maximum absolute atomic E-state index is 12.5. The van der Waals surface area contributed by atoms with Gasteiger partial charge in [-0.15, -0.1) is 0 Å². The van der Waals surface area contributed by atoms with E-state index in [-0.39, 0.29) is 28.3 Å². The van der Waals surface area contributed by atoms with Gasteiger partial charge in [0.25, 0.3) is 10.0 Å². The predicted octanol–water partition coefficient (Wildman–Crippen LogP) is 2.01. The van der Waals surface area contributed by atoms with Crippen molar-refractivity contribution in [3.05, 3.63) is 41.0 Å².